The lowest BCUT2D eigenvalue weighted by Gasteiger charge is -2.31. The van der Waals surface area contributed by atoms with Gasteiger partial charge in [-0.3, -0.25) is 4.79 Å². The maximum Gasteiger partial charge on any atom is 0.144 e. The van der Waals surface area contributed by atoms with Gasteiger partial charge in [-0.15, -0.1) is 0 Å². The van der Waals surface area contributed by atoms with Gasteiger partial charge in [0.15, 0.2) is 0 Å². The molecular formula is C14H17NO2. The minimum Gasteiger partial charge on any atom is -0.378 e. The second-order valence-corrected chi connectivity index (χ2v) is 4.15. The van der Waals surface area contributed by atoms with Gasteiger partial charge in [0.2, 0.25) is 0 Å². The first kappa shape index (κ1) is 11.9. The number of carbonyl (C=O) groups is 1. The molecule has 1 heterocycles. The van der Waals surface area contributed by atoms with Crippen LogP contribution in [0.4, 0.5) is 0 Å². The van der Waals surface area contributed by atoms with Crippen LogP contribution in [0.2, 0.25) is 0 Å². The van der Waals surface area contributed by atoms with E-state index in [2.05, 4.69) is 36.1 Å². The van der Waals surface area contributed by atoms with E-state index in [4.69, 9.17) is 4.74 Å². The topological polar surface area (TPSA) is 29.5 Å². The fraction of sp³-hybridized carbons (Fsp3) is 0.357. The van der Waals surface area contributed by atoms with Gasteiger partial charge in [0.05, 0.1) is 13.2 Å². The summed E-state index contributed by atoms with van der Waals surface area (Å²) >= 11 is 0. The molecular weight excluding hydrogens is 214 g/mol. The first-order valence-corrected chi connectivity index (χ1v) is 5.86. The number of carbonyl (C=O) groups excluding carboxylic acids is 1. The number of benzene rings is 1. The Balaban J connectivity index is 2.25. The largest absolute Gasteiger partial charge is 0.378 e. The van der Waals surface area contributed by atoms with Gasteiger partial charge in [0.25, 0.3) is 0 Å². The standard InChI is InChI=1S/C14H17NO2/c1-12-2-4-13(5-3-12)14(6-9-16)15-7-10-17-11-8-15/h2-6,9H,7-8,10-11H2,1H3/b14-6+. The van der Waals surface area contributed by atoms with Crippen LogP contribution in [0.3, 0.4) is 0 Å². The maximum atomic E-state index is 10.8. The van der Waals surface area contributed by atoms with Crippen LogP contribution in [0, 0.1) is 6.92 Å². The average molecular weight is 231 g/mol. The van der Waals surface area contributed by atoms with Crippen LogP contribution in [0.25, 0.3) is 5.70 Å². The summed E-state index contributed by atoms with van der Waals surface area (Å²) < 4.78 is 5.33. The summed E-state index contributed by atoms with van der Waals surface area (Å²) in [5, 5.41) is 0. The van der Waals surface area contributed by atoms with Crippen LogP contribution < -0.4 is 0 Å². The van der Waals surface area contributed by atoms with Gasteiger partial charge in [-0.1, -0.05) is 29.8 Å². The molecule has 0 N–H and O–H groups in total. The van der Waals surface area contributed by atoms with E-state index in [0.29, 0.717) is 0 Å². The molecule has 0 aromatic heterocycles. The molecule has 0 saturated carbocycles. The summed E-state index contributed by atoms with van der Waals surface area (Å²) in [5.41, 5.74) is 3.30. The first-order chi connectivity index (χ1) is 8.31. The zero-order valence-electron chi connectivity index (χ0n) is 10.1. The number of allylic oxidation sites excluding steroid dienone is 1. The molecule has 0 spiro atoms. The number of rotatable bonds is 3. The Hall–Kier alpha value is -1.61. The molecule has 0 aliphatic carbocycles. The molecule has 0 bridgehead atoms. The van der Waals surface area contributed by atoms with E-state index in [1.54, 1.807) is 6.08 Å². The summed E-state index contributed by atoms with van der Waals surface area (Å²) in [5.74, 6) is 0. The van der Waals surface area contributed by atoms with Crippen molar-refractivity contribution < 1.29 is 9.53 Å². The van der Waals surface area contributed by atoms with E-state index in [9.17, 15) is 4.79 Å². The Bertz CT molecular complexity index is 403. The quantitative estimate of drug-likeness (QED) is 0.587. The highest BCUT2D eigenvalue weighted by Crippen LogP contribution is 2.20. The van der Waals surface area contributed by atoms with Crippen LogP contribution in [0.5, 0.6) is 0 Å². The van der Waals surface area contributed by atoms with Crippen LogP contribution in [-0.2, 0) is 9.53 Å². The molecule has 1 aromatic carbocycles. The predicted octanol–water partition coefficient (Wildman–Crippen LogP) is 1.87. The number of hydrogen-bond acceptors (Lipinski definition) is 3. The molecule has 90 valence electrons. The van der Waals surface area contributed by atoms with Crippen LogP contribution >= 0.6 is 0 Å². The Morgan fingerprint density at radius 2 is 1.88 bits per heavy atom. The van der Waals surface area contributed by atoms with E-state index in [-0.39, 0.29) is 0 Å². The van der Waals surface area contributed by atoms with Crippen LogP contribution in [0.1, 0.15) is 11.1 Å². The maximum absolute atomic E-state index is 10.8. The smallest absolute Gasteiger partial charge is 0.144 e. The third-order valence-corrected chi connectivity index (χ3v) is 2.93. The molecule has 1 aliphatic rings. The summed E-state index contributed by atoms with van der Waals surface area (Å²) in [6.45, 7) is 5.19. The SMILES string of the molecule is Cc1ccc(/C(=C\C=O)N2CCOCC2)cc1. The molecule has 2 rings (SSSR count). The molecule has 1 saturated heterocycles. The van der Waals surface area contributed by atoms with Crippen LogP contribution in [0.15, 0.2) is 30.3 Å². The zero-order chi connectivity index (χ0) is 12.1. The lowest BCUT2D eigenvalue weighted by molar-refractivity contribution is -0.104. The summed E-state index contributed by atoms with van der Waals surface area (Å²) in [6, 6.07) is 8.24. The number of hydrogen-bond donors (Lipinski definition) is 0. The molecule has 0 radical (unpaired) electrons. The number of nitrogens with zero attached hydrogens (tertiary/aromatic N) is 1. The van der Waals surface area contributed by atoms with E-state index in [1.165, 1.54) is 5.56 Å². The van der Waals surface area contributed by atoms with Gasteiger partial charge >= 0.3 is 0 Å². The Morgan fingerprint density at radius 3 is 2.47 bits per heavy atom. The summed E-state index contributed by atoms with van der Waals surface area (Å²) in [6.07, 6.45) is 2.49. The number of ether oxygens (including phenoxy) is 1. The number of aryl methyl sites for hydroxylation is 1. The van der Waals surface area contributed by atoms with Crippen molar-refractivity contribution in [2.45, 2.75) is 6.92 Å². The van der Waals surface area contributed by atoms with E-state index in [1.807, 2.05) is 0 Å². The van der Waals surface area contributed by atoms with Crippen molar-refractivity contribution in [3.63, 3.8) is 0 Å². The molecule has 3 heteroatoms. The molecule has 1 fully saturated rings. The van der Waals surface area contributed by atoms with Crippen molar-refractivity contribution in [3.8, 4) is 0 Å². The van der Waals surface area contributed by atoms with Crippen molar-refractivity contribution in [2.24, 2.45) is 0 Å². The summed E-state index contributed by atoms with van der Waals surface area (Å²) in [4.78, 5) is 13.0. The zero-order valence-corrected chi connectivity index (χ0v) is 10.1. The van der Waals surface area contributed by atoms with E-state index in [0.717, 1.165) is 43.8 Å². The van der Waals surface area contributed by atoms with E-state index >= 15 is 0 Å². The lowest BCUT2D eigenvalue weighted by Crippen LogP contribution is -2.35. The third kappa shape index (κ3) is 2.94. The predicted molar refractivity (Wildman–Crippen MR) is 67.6 cm³/mol. The van der Waals surface area contributed by atoms with Crippen molar-refractivity contribution in [2.75, 3.05) is 26.3 Å². The van der Waals surface area contributed by atoms with Gasteiger partial charge in [0.1, 0.15) is 6.29 Å². The first-order valence-electron chi connectivity index (χ1n) is 5.86. The second kappa shape index (κ2) is 5.64. The second-order valence-electron chi connectivity index (χ2n) is 4.15. The Morgan fingerprint density at radius 1 is 1.24 bits per heavy atom. The van der Waals surface area contributed by atoms with Crippen molar-refractivity contribution in [3.05, 3.63) is 41.5 Å². The minimum atomic E-state index is 0.724. The van der Waals surface area contributed by atoms with Gasteiger partial charge in [-0.25, -0.2) is 0 Å². The minimum absolute atomic E-state index is 0.724. The molecule has 17 heavy (non-hydrogen) atoms. The number of morpholine rings is 1. The molecule has 1 aromatic rings. The van der Waals surface area contributed by atoms with Crippen LogP contribution in [-0.4, -0.2) is 37.5 Å². The molecule has 1 aliphatic heterocycles. The summed E-state index contributed by atoms with van der Waals surface area (Å²) in [7, 11) is 0. The van der Waals surface area contributed by atoms with Gasteiger partial charge in [-0.2, -0.15) is 0 Å². The normalized spacial score (nSPS) is 17.0. The number of aldehydes is 1. The lowest BCUT2D eigenvalue weighted by atomic mass is 10.1. The fourth-order valence-electron chi connectivity index (χ4n) is 1.98. The van der Waals surface area contributed by atoms with Crippen molar-refractivity contribution in [1.29, 1.82) is 0 Å². The van der Waals surface area contributed by atoms with Crippen molar-refractivity contribution in [1.82, 2.24) is 4.90 Å². The highest BCUT2D eigenvalue weighted by atomic mass is 16.5. The van der Waals surface area contributed by atoms with E-state index < -0.39 is 0 Å². The van der Waals surface area contributed by atoms with Gasteiger partial charge < -0.3 is 9.64 Å². The monoisotopic (exact) mass is 231 g/mol. The van der Waals surface area contributed by atoms with Gasteiger partial charge in [0, 0.05) is 24.9 Å². The molecule has 0 atom stereocenters. The Labute approximate surface area is 102 Å². The molecule has 0 unspecified atom stereocenters. The molecule has 3 nitrogen and oxygen atoms in total. The molecule has 0 amide bonds. The fourth-order valence-corrected chi connectivity index (χ4v) is 1.98. The Kier molecular flexibility index (Phi) is 3.94. The average Bonchev–Trinajstić information content (AvgIpc) is 2.38. The van der Waals surface area contributed by atoms with Crippen molar-refractivity contribution >= 4 is 12.0 Å². The highest BCUT2D eigenvalue weighted by molar-refractivity contribution is 5.80. The van der Waals surface area contributed by atoms with Gasteiger partial charge in [-0.05, 0) is 12.5 Å². The highest BCUT2D eigenvalue weighted by Gasteiger charge is 2.14. The third-order valence-electron chi connectivity index (χ3n) is 2.93.